The highest BCUT2D eigenvalue weighted by Gasteiger charge is 2.53. The van der Waals surface area contributed by atoms with Crippen LogP contribution < -0.4 is 5.46 Å². The van der Waals surface area contributed by atoms with Gasteiger partial charge in [0.15, 0.2) is 0 Å². The lowest BCUT2D eigenvalue weighted by Crippen LogP contribution is -2.36. The largest absolute Gasteiger partial charge is 0.426 e. The van der Waals surface area contributed by atoms with Crippen molar-refractivity contribution in [3.63, 3.8) is 0 Å². The second kappa shape index (κ2) is 11.5. The van der Waals surface area contributed by atoms with Crippen LogP contribution in [0.2, 0.25) is 6.32 Å². The Hall–Kier alpha value is -5.97. The molecule has 1 aliphatic heterocycles. The van der Waals surface area contributed by atoms with Crippen molar-refractivity contribution in [2.75, 3.05) is 0 Å². The average molecular weight is 709 g/mol. The van der Waals surface area contributed by atoms with Crippen LogP contribution in [0.1, 0.15) is 49.9 Å². The van der Waals surface area contributed by atoms with Gasteiger partial charge in [0.25, 0.3) is 0 Å². The number of fused-ring (bicyclic) bond motifs is 11. The summed E-state index contributed by atoms with van der Waals surface area (Å²) in [6.07, 6.45) is 0.989. The van der Waals surface area contributed by atoms with E-state index in [1.165, 1.54) is 61.1 Å². The minimum absolute atomic E-state index is 0.0437. The van der Waals surface area contributed by atoms with E-state index in [1.54, 1.807) is 0 Å². The maximum Gasteiger partial charge on any atom is 0.327 e. The molecule has 0 N–H and O–H groups in total. The van der Waals surface area contributed by atoms with Gasteiger partial charge in [-0.3, -0.25) is 4.57 Å². The van der Waals surface area contributed by atoms with E-state index >= 15 is 0 Å². The number of benzene rings is 7. The number of para-hydroxylation sites is 3. The van der Waals surface area contributed by atoms with E-state index in [9.17, 15) is 0 Å². The molecule has 0 amide bonds. The summed E-state index contributed by atoms with van der Waals surface area (Å²) in [5.41, 5.74) is 18.0. The number of rotatable bonds is 4. The molecule has 8 aromatic rings. The zero-order chi connectivity index (χ0) is 37.1. The first-order chi connectivity index (χ1) is 26.7. The Labute approximate surface area is 323 Å². The van der Waals surface area contributed by atoms with Crippen LogP contribution in [0.3, 0.4) is 0 Å². The van der Waals surface area contributed by atoms with Gasteiger partial charge in [0.05, 0.1) is 22.0 Å². The van der Waals surface area contributed by atoms with E-state index < -0.39 is 5.41 Å². The van der Waals surface area contributed by atoms with Gasteiger partial charge in [-0.2, -0.15) is 0 Å². The molecule has 0 bridgehead atoms. The van der Waals surface area contributed by atoms with Crippen LogP contribution in [0.15, 0.2) is 164 Å². The number of hydrogen-bond acceptors (Lipinski definition) is 2. The fourth-order valence-corrected chi connectivity index (χ4v) is 9.89. The summed E-state index contributed by atoms with van der Waals surface area (Å²) in [5.74, 6) is 0.936. The minimum Gasteiger partial charge on any atom is -0.426 e. The third-order valence-electron chi connectivity index (χ3n) is 13.3. The lowest BCUT2D eigenvalue weighted by molar-refractivity contribution is 0.0375. The van der Waals surface area contributed by atoms with E-state index in [1.807, 2.05) is 0 Å². The van der Waals surface area contributed by atoms with Crippen LogP contribution in [-0.2, 0) is 10.1 Å². The van der Waals surface area contributed by atoms with Gasteiger partial charge < -0.3 is 4.65 Å². The third-order valence-corrected chi connectivity index (χ3v) is 13.3. The summed E-state index contributed by atoms with van der Waals surface area (Å²) in [4.78, 5) is 5.19. The fraction of sp³-hybridized carbons (Fsp3) is 0.157. The maximum absolute atomic E-state index is 6.83. The highest BCUT2D eigenvalue weighted by Crippen LogP contribution is 2.63. The summed E-state index contributed by atoms with van der Waals surface area (Å²) in [5, 5.41) is 0. The molecule has 0 atom stereocenters. The number of imidazole rings is 1. The summed E-state index contributed by atoms with van der Waals surface area (Å²) in [6, 6.07) is 60.3. The molecule has 264 valence electrons. The van der Waals surface area contributed by atoms with E-state index in [0.29, 0.717) is 0 Å². The Morgan fingerprint density at radius 3 is 1.85 bits per heavy atom. The zero-order valence-corrected chi connectivity index (χ0v) is 31.7. The summed E-state index contributed by atoms with van der Waals surface area (Å²) in [7, 11) is 0. The molecule has 55 heavy (non-hydrogen) atoms. The number of hydrogen-bond donors (Lipinski definition) is 0. The molecule has 0 radical (unpaired) electrons. The molecular weight excluding hydrogens is 667 g/mol. The quantitative estimate of drug-likeness (QED) is 0.170. The Morgan fingerprint density at radius 2 is 1.13 bits per heavy atom. The molecule has 0 unspecified atom stereocenters. The van der Waals surface area contributed by atoms with Gasteiger partial charge >= 0.3 is 6.92 Å². The van der Waals surface area contributed by atoms with Crippen LogP contribution in [0.5, 0.6) is 0 Å². The van der Waals surface area contributed by atoms with E-state index in [-0.39, 0.29) is 17.9 Å². The SMILES string of the molecule is CC1(C)CB(c2ccc3c(c2)-c2cc(-c4cccc(-c5nc6ccccc6n5-c5ccccc5)c4)ccc2C32c3ccccc3-c3ccccc32)OC1(C)C. The van der Waals surface area contributed by atoms with Gasteiger partial charge in [-0.1, -0.05) is 141 Å². The Balaban J connectivity index is 1.11. The zero-order valence-electron chi connectivity index (χ0n) is 31.7. The predicted molar refractivity (Wildman–Crippen MR) is 227 cm³/mol. The van der Waals surface area contributed by atoms with Crippen LogP contribution in [0.25, 0.3) is 61.5 Å². The fourth-order valence-electron chi connectivity index (χ4n) is 9.89. The first-order valence-electron chi connectivity index (χ1n) is 19.5. The van der Waals surface area contributed by atoms with Crippen molar-refractivity contribution in [2.24, 2.45) is 5.41 Å². The van der Waals surface area contributed by atoms with Crippen LogP contribution >= 0.6 is 0 Å². The third kappa shape index (κ3) is 4.52. The van der Waals surface area contributed by atoms with Crippen molar-refractivity contribution in [3.8, 4) is 50.5 Å². The monoisotopic (exact) mass is 708 g/mol. The predicted octanol–water partition coefficient (Wildman–Crippen LogP) is 11.7. The van der Waals surface area contributed by atoms with E-state index in [0.717, 1.165) is 34.4 Å². The maximum atomic E-state index is 6.83. The smallest absolute Gasteiger partial charge is 0.327 e. The molecule has 3 aliphatic rings. The van der Waals surface area contributed by atoms with Gasteiger partial charge in [-0.15, -0.1) is 0 Å². The first kappa shape index (κ1) is 32.5. The number of nitrogens with zero attached hydrogens (tertiary/aromatic N) is 2. The van der Waals surface area contributed by atoms with Crippen molar-refractivity contribution >= 4 is 23.4 Å². The van der Waals surface area contributed by atoms with Gasteiger partial charge in [-0.05, 0) is 123 Å². The molecule has 1 fully saturated rings. The second-order valence-corrected chi connectivity index (χ2v) is 16.8. The summed E-state index contributed by atoms with van der Waals surface area (Å²) >= 11 is 0. The lowest BCUT2D eigenvalue weighted by atomic mass is 9.54. The van der Waals surface area contributed by atoms with Gasteiger partial charge in [0.1, 0.15) is 5.82 Å². The van der Waals surface area contributed by atoms with Crippen LogP contribution in [-0.4, -0.2) is 22.1 Å². The Bertz CT molecular complexity index is 2790. The summed E-state index contributed by atoms with van der Waals surface area (Å²) < 4.78 is 9.11. The standard InChI is InChI=1S/C51H41BN2O/c1-49(2)32-52(55-50(49,3)4)36-26-28-45-41(31-36)40-30-34(25-27-44(40)51(45)42-21-10-8-19-38(42)39-20-9-11-22-43(39)51)33-15-14-16-35(29-33)48-53-46-23-12-13-24-47(46)54(48)37-17-6-5-7-18-37/h5-31H,32H2,1-4H3. The van der Waals surface area contributed by atoms with Gasteiger partial charge in [0.2, 0.25) is 0 Å². The molecule has 11 rings (SSSR count). The summed E-state index contributed by atoms with van der Waals surface area (Å²) in [6.45, 7) is 9.21. The van der Waals surface area contributed by atoms with Crippen molar-refractivity contribution in [3.05, 3.63) is 186 Å². The van der Waals surface area contributed by atoms with Crippen molar-refractivity contribution in [2.45, 2.75) is 45.0 Å². The molecule has 1 aromatic heterocycles. The normalized spacial score (nSPS) is 16.6. The molecule has 1 saturated heterocycles. The molecule has 1 spiro atoms. The van der Waals surface area contributed by atoms with Crippen molar-refractivity contribution in [1.29, 1.82) is 0 Å². The molecule has 4 heteroatoms. The number of aromatic nitrogens is 2. The second-order valence-electron chi connectivity index (χ2n) is 16.8. The Kier molecular flexibility index (Phi) is 6.80. The van der Waals surface area contributed by atoms with Crippen LogP contribution in [0, 0.1) is 5.41 Å². The highest BCUT2D eigenvalue weighted by atomic mass is 16.5. The lowest BCUT2D eigenvalue weighted by Gasteiger charge is -2.34. The van der Waals surface area contributed by atoms with Crippen molar-refractivity contribution in [1.82, 2.24) is 9.55 Å². The molecule has 3 nitrogen and oxygen atoms in total. The average Bonchev–Trinajstić information content (AvgIpc) is 3.90. The molecular formula is C51H41BN2O. The van der Waals surface area contributed by atoms with Crippen molar-refractivity contribution < 1.29 is 4.65 Å². The topological polar surface area (TPSA) is 27.1 Å². The minimum atomic E-state index is -0.396. The molecule has 2 aliphatic carbocycles. The Morgan fingerprint density at radius 1 is 0.527 bits per heavy atom. The molecule has 7 aromatic carbocycles. The van der Waals surface area contributed by atoms with Gasteiger partial charge in [-0.25, -0.2) is 4.98 Å². The van der Waals surface area contributed by atoms with Gasteiger partial charge in [0, 0.05) is 11.3 Å². The first-order valence-corrected chi connectivity index (χ1v) is 19.5. The van der Waals surface area contributed by atoms with Crippen LogP contribution in [0.4, 0.5) is 0 Å². The van der Waals surface area contributed by atoms with E-state index in [4.69, 9.17) is 9.64 Å². The molecule has 2 heterocycles. The highest BCUT2D eigenvalue weighted by molar-refractivity contribution is 6.68. The van der Waals surface area contributed by atoms with E-state index in [2.05, 4.69) is 196 Å². The molecule has 0 saturated carbocycles.